The van der Waals surface area contributed by atoms with Crippen LogP contribution in [0.3, 0.4) is 0 Å². The monoisotopic (exact) mass is 321 g/mol. The van der Waals surface area contributed by atoms with Crippen LogP contribution in [-0.2, 0) is 6.42 Å². The highest BCUT2D eigenvalue weighted by Crippen LogP contribution is 2.18. The number of aromatic nitrogens is 3. The molecule has 2 aromatic heterocycles. The van der Waals surface area contributed by atoms with Crippen molar-refractivity contribution in [3.8, 4) is 5.75 Å². The van der Waals surface area contributed by atoms with Gasteiger partial charge in [-0.05, 0) is 42.5 Å². The maximum absolute atomic E-state index is 5.15. The Morgan fingerprint density at radius 1 is 0.958 bits per heavy atom. The Bertz CT molecular complexity index is 762. The third-order valence-electron chi connectivity index (χ3n) is 3.42. The van der Waals surface area contributed by atoms with Gasteiger partial charge in [-0.25, -0.2) is 4.98 Å². The molecule has 0 bridgehead atoms. The first-order valence-electron chi connectivity index (χ1n) is 7.71. The van der Waals surface area contributed by atoms with Gasteiger partial charge in [0.05, 0.1) is 7.11 Å². The van der Waals surface area contributed by atoms with Crippen molar-refractivity contribution < 1.29 is 4.74 Å². The summed E-state index contributed by atoms with van der Waals surface area (Å²) in [5.41, 5.74) is 1.96. The summed E-state index contributed by atoms with van der Waals surface area (Å²) in [5.74, 6) is 2.13. The molecule has 122 valence electrons. The van der Waals surface area contributed by atoms with Crippen LogP contribution < -0.4 is 15.4 Å². The Balaban J connectivity index is 1.57. The molecule has 0 aliphatic heterocycles. The molecule has 0 saturated carbocycles. The summed E-state index contributed by atoms with van der Waals surface area (Å²) >= 11 is 0. The lowest BCUT2D eigenvalue weighted by atomic mass is 10.3. The van der Waals surface area contributed by atoms with E-state index in [2.05, 4.69) is 25.6 Å². The van der Waals surface area contributed by atoms with Gasteiger partial charge in [0.25, 0.3) is 0 Å². The number of benzene rings is 1. The molecule has 0 aliphatic rings. The number of ether oxygens (including phenoxy) is 1. The van der Waals surface area contributed by atoms with Crippen LogP contribution in [-0.4, -0.2) is 28.6 Å². The number of hydrogen-bond acceptors (Lipinski definition) is 6. The van der Waals surface area contributed by atoms with Gasteiger partial charge in [-0.1, -0.05) is 6.07 Å². The maximum Gasteiger partial charge on any atom is 0.229 e. The molecule has 3 aromatic rings. The molecule has 0 radical (unpaired) electrons. The minimum atomic E-state index is 0.544. The number of rotatable bonds is 7. The Hall–Kier alpha value is -3.15. The van der Waals surface area contributed by atoms with Gasteiger partial charge in [0.1, 0.15) is 11.6 Å². The van der Waals surface area contributed by atoms with Crippen molar-refractivity contribution in [3.05, 3.63) is 66.6 Å². The molecule has 0 unspecified atom stereocenters. The molecule has 1 aromatic carbocycles. The van der Waals surface area contributed by atoms with E-state index in [0.29, 0.717) is 5.95 Å². The second kappa shape index (κ2) is 7.92. The van der Waals surface area contributed by atoms with E-state index in [-0.39, 0.29) is 0 Å². The average molecular weight is 321 g/mol. The van der Waals surface area contributed by atoms with Gasteiger partial charge < -0.3 is 15.4 Å². The fraction of sp³-hybridized carbons (Fsp3) is 0.167. The second-order valence-electron chi connectivity index (χ2n) is 5.12. The Morgan fingerprint density at radius 3 is 2.58 bits per heavy atom. The van der Waals surface area contributed by atoms with Crippen molar-refractivity contribution >= 4 is 17.5 Å². The van der Waals surface area contributed by atoms with Crippen LogP contribution in [0.15, 0.2) is 60.9 Å². The Morgan fingerprint density at radius 2 is 1.83 bits per heavy atom. The van der Waals surface area contributed by atoms with E-state index in [9.17, 15) is 0 Å². The lowest BCUT2D eigenvalue weighted by Gasteiger charge is -2.09. The predicted molar refractivity (Wildman–Crippen MR) is 94.7 cm³/mol. The van der Waals surface area contributed by atoms with Gasteiger partial charge in [-0.15, -0.1) is 0 Å². The van der Waals surface area contributed by atoms with Gasteiger partial charge in [-0.2, -0.15) is 4.98 Å². The SMILES string of the molecule is COc1ccc(Nc2nccc(NCCc3ccccn3)n2)cc1. The maximum atomic E-state index is 5.15. The lowest BCUT2D eigenvalue weighted by Crippen LogP contribution is -2.08. The average Bonchev–Trinajstić information content (AvgIpc) is 2.64. The van der Waals surface area contributed by atoms with Gasteiger partial charge in [0.2, 0.25) is 5.95 Å². The molecule has 2 heterocycles. The van der Waals surface area contributed by atoms with Crippen LogP contribution in [0.4, 0.5) is 17.5 Å². The van der Waals surface area contributed by atoms with E-state index >= 15 is 0 Å². The van der Waals surface area contributed by atoms with Crippen LogP contribution in [0.1, 0.15) is 5.69 Å². The zero-order valence-electron chi connectivity index (χ0n) is 13.4. The van der Waals surface area contributed by atoms with Gasteiger partial charge >= 0.3 is 0 Å². The van der Waals surface area contributed by atoms with Gasteiger partial charge in [0.15, 0.2) is 0 Å². The molecule has 0 saturated heterocycles. The first kappa shape index (κ1) is 15.7. The molecule has 24 heavy (non-hydrogen) atoms. The highest BCUT2D eigenvalue weighted by atomic mass is 16.5. The summed E-state index contributed by atoms with van der Waals surface area (Å²) in [6.07, 6.45) is 4.37. The van der Waals surface area contributed by atoms with E-state index in [0.717, 1.165) is 35.9 Å². The molecular weight excluding hydrogens is 302 g/mol. The minimum absolute atomic E-state index is 0.544. The number of nitrogens with zero attached hydrogens (tertiary/aromatic N) is 3. The molecule has 6 heteroatoms. The smallest absolute Gasteiger partial charge is 0.229 e. The number of hydrogen-bond donors (Lipinski definition) is 2. The highest BCUT2D eigenvalue weighted by Gasteiger charge is 2.01. The topological polar surface area (TPSA) is 72.0 Å². The number of pyridine rings is 1. The molecule has 0 amide bonds. The number of nitrogens with one attached hydrogen (secondary N) is 2. The Labute approximate surface area is 141 Å². The van der Waals surface area contributed by atoms with E-state index in [4.69, 9.17) is 4.74 Å². The van der Waals surface area contributed by atoms with Crippen molar-refractivity contribution in [1.82, 2.24) is 15.0 Å². The minimum Gasteiger partial charge on any atom is -0.497 e. The van der Waals surface area contributed by atoms with E-state index < -0.39 is 0 Å². The second-order valence-corrected chi connectivity index (χ2v) is 5.12. The largest absolute Gasteiger partial charge is 0.497 e. The summed E-state index contributed by atoms with van der Waals surface area (Å²) in [7, 11) is 1.64. The number of anilines is 3. The normalized spacial score (nSPS) is 10.2. The van der Waals surface area contributed by atoms with Crippen LogP contribution >= 0.6 is 0 Å². The lowest BCUT2D eigenvalue weighted by molar-refractivity contribution is 0.415. The van der Waals surface area contributed by atoms with Crippen LogP contribution in [0.5, 0.6) is 5.75 Å². The zero-order valence-corrected chi connectivity index (χ0v) is 13.4. The Kier molecular flexibility index (Phi) is 5.19. The summed E-state index contributed by atoms with van der Waals surface area (Å²) in [6.45, 7) is 0.760. The first-order valence-corrected chi connectivity index (χ1v) is 7.71. The van der Waals surface area contributed by atoms with Crippen molar-refractivity contribution in [1.29, 1.82) is 0 Å². The van der Waals surface area contributed by atoms with Crippen molar-refractivity contribution in [2.75, 3.05) is 24.3 Å². The molecule has 0 atom stereocenters. The molecular formula is C18H19N5O. The fourth-order valence-corrected chi connectivity index (χ4v) is 2.19. The van der Waals surface area contributed by atoms with E-state index in [1.54, 1.807) is 19.5 Å². The molecule has 0 aliphatic carbocycles. The summed E-state index contributed by atoms with van der Waals surface area (Å²) in [4.78, 5) is 13.0. The highest BCUT2D eigenvalue weighted by molar-refractivity contribution is 5.55. The fourth-order valence-electron chi connectivity index (χ4n) is 2.19. The van der Waals surface area contributed by atoms with Crippen molar-refractivity contribution in [2.45, 2.75) is 6.42 Å². The molecule has 6 nitrogen and oxygen atoms in total. The predicted octanol–water partition coefficient (Wildman–Crippen LogP) is 3.28. The standard InChI is InChI=1S/C18H19N5O/c1-24-16-7-5-15(6-8-16)22-18-21-13-10-17(23-18)20-12-9-14-4-2-3-11-19-14/h2-8,10-11,13H,9,12H2,1H3,(H2,20,21,22,23). The molecule has 0 spiro atoms. The number of methoxy groups -OCH3 is 1. The van der Waals surface area contributed by atoms with E-state index in [1.165, 1.54) is 0 Å². The summed E-state index contributed by atoms with van der Waals surface area (Å²) < 4.78 is 5.15. The summed E-state index contributed by atoms with van der Waals surface area (Å²) in [5, 5.41) is 6.46. The molecule has 3 rings (SSSR count). The van der Waals surface area contributed by atoms with Crippen LogP contribution in [0.2, 0.25) is 0 Å². The first-order chi connectivity index (χ1) is 11.8. The third-order valence-corrected chi connectivity index (χ3v) is 3.42. The molecule has 0 fully saturated rings. The third kappa shape index (κ3) is 4.42. The van der Waals surface area contributed by atoms with Gasteiger partial charge in [0, 0.05) is 36.7 Å². The van der Waals surface area contributed by atoms with Crippen molar-refractivity contribution in [2.24, 2.45) is 0 Å². The zero-order chi connectivity index (χ0) is 16.6. The molecule has 2 N–H and O–H groups in total. The van der Waals surface area contributed by atoms with Gasteiger partial charge in [-0.3, -0.25) is 4.98 Å². The van der Waals surface area contributed by atoms with E-state index in [1.807, 2.05) is 48.5 Å². The van der Waals surface area contributed by atoms with Crippen molar-refractivity contribution in [3.63, 3.8) is 0 Å². The quantitative estimate of drug-likeness (QED) is 0.696. The van der Waals surface area contributed by atoms with Crippen LogP contribution in [0, 0.1) is 0 Å². The van der Waals surface area contributed by atoms with Crippen LogP contribution in [0.25, 0.3) is 0 Å². The summed E-state index contributed by atoms with van der Waals surface area (Å²) in [6, 6.07) is 15.4.